The highest BCUT2D eigenvalue weighted by atomic mass is 16.7. The van der Waals surface area contributed by atoms with Gasteiger partial charge in [-0.15, -0.1) is 0 Å². The van der Waals surface area contributed by atoms with Crippen LogP contribution in [0.25, 0.3) is 0 Å². The first-order valence-electron chi connectivity index (χ1n) is 5.10. The molecule has 0 radical (unpaired) electrons. The van der Waals surface area contributed by atoms with Crippen molar-refractivity contribution in [1.82, 2.24) is 5.32 Å². The summed E-state index contributed by atoms with van der Waals surface area (Å²) >= 11 is 0. The molecule has 0 aromatic rings. The van der Waals surface area contributed by atoms with E-state index in [1.807, 2.05) is 0 Å². The van der Waals surface area contributed by atoms with Crippen LogP contribution < -0.4 is 5.32 Å². The number of nitrogens with one attached hydrogen (secondary N) is 1. The van der Waals surface area contributed by atoms with Crippen molar-refractivity contribution in [3.8, 4) is 0 Å². The van der Waals surface area contributed by atoms with Gasteiger partial charge < -0.3 is 14.8 Å². The van der Waals surface area contributed by atoms with Crippen molar-refractivity contribution in [3.63, 3.8) is 0 Å². The molecule has 1 rings (SSSR count). The standard InChI is InChI=1S/C10H21NO2/c1-4-11-9(7-8-5-6-8)10(12-2)13-3/h8-11H,4-7H2,1-3H3. The van der Waals surface area contributed by atoms with E-state index in [1.165, 1.54) is 19.3 Å². The van der Waals surface area contributed by atoms with Crippen LogP contribution in [-0.4, -0.2) is 33.1 Å². The van der Waals surface area contributed by atoms with E-state index in [2.05, 4.69) is 12.2 Å². The predicted molar refractivity (Wildman–Crippen MR) is 52.6 cm³/mol. The maximum Gasteiger partial charge on any atom is 0.171 e. The lowest BCUT2D eigenvalue weighted by atomic mass is 10.1. The van der Waals surface area contributed by atoms with Crippen LogP contribution in [0.3, 0.4) is 0 Å². The highest BCUT2D eigenvalue weighted by Gasteiger charge is 2.29. The Bertz CT molecular complexity index is 133. The van der Waals surface area contributed by atoms with E-state index in [9.17, 15) is 0 Å². The maximum atomic E-state index is 5.26. The average Bonchev–Trinajstić information content (AvgIpc) is 2.91. The lowest BCUT2D eigenvalue weighted by Crippen LogP contribution is -2.42. The molecule has 1 unspecified atom stereocenters. The molecule has 13 heavy (non-hydrogen) atoms. The summed E-state index contributed by atoms with van der Waals surface area (Å²) < 4.78 is 10.5. The van der Waals surface area contributed by atoms with Crippen molar-refractivity contribution >= 4 is 0 Å². The molecule has 0 spiro atoms. The number of rotatable bonds is 7. The molecule has 0 amide bonds. The predicted octanol–water partition coefficient (Wildman–Crippen LogP) is 1.38. The molecule has 1 N–H and O–H groups in total. The van der Waals surface area contributed by atoms with Gasteiger partial charge in [0.25, 0.3) is 0 Å². The van der Waals surface area contributed by atoms with Gasteiger partial charge in [-0.25, -0.2) is 0 Å². The third-order valence-corrected chi connectivity index (χ3v) is 2.54. The van der Waals surface area contributed by atoms with E-state index < -0.39 is 0 Å². The first-order valence-corrected chi connectivity index (χ1v) is 5.10. The summed E-state index contributed by atoms with van der Waals surface area (Å²) in [5.41, 5.74) is 0. The number of hydrogen-bond donors (Lipinski definition) is 1. The molecule has 0 aromatic carbocycles. The Kier molecular flexibility index (Phi) is 4.70. The molecular weight excluding hydrogens is 166 g/mol. The average molecular weight is 187 g/mol. The smallest absolute Gasteiger partial charge is 0.171 e. The van der Waals surface area contributed by atoms with Gasteiger partial charge in [-0.05, 0) is 18.9 Å². The summed E-state index contributed by atoms with van der Waals surface area (Å²) in [6.45, 7) is 3.09. The van der Waals surface area contributed by atoms with Gasteiger partial charge in [0.2, 0.25) is 0 Å². The molecular formula is C10H21NO2. The van der Waals surface area contributed by atoms with Crippen LogP contribution in [0.4, 0.5) is 0 Å². The summed E-state index contributed by atoms with van der Waals surface area (Å²) in [4.78, 5) is 0. The van der Waals surface area contributed by atoms with Gasteiger partial charge in [-0.3, -0.25) is 0 Å². The minimum atomic E-state index is -0.0967. The lowest BCUT2D eigenvalue weighted by Gasteiger charge is -2.25. The van der Waals surface area contributed by atoms with Crippen LogP contribution in [0.15, 0.2) is 0 Å². The zero-order chi connectivity index (χ0) is 9.68. The fourth-order valence-corrected chi connectivity index (χ4v) is 1.69. The molecule has 1 fully saturated rings. The van der Waals surface area contributed by atoms with Crippen molar-refractivity contribution in [3.05, 3.63) is 0 Å². The first kappa shape index (κ1) is 11.0. The quantitative estimate of drug-likeness (QED) is 0.611. The molecule has 3 nitrogen and oxygen atoms in total. The van der Waals surface area contributed by atoms with Crippen LogP contribution in [0.1, 0.15) is 26.2 Å². The van der Waals surface area contributed by atoms with Gasteiger partial charge >= 0.3 is 0 Å². The van der Waals surface area contributed by atoms with Crippen molar-refractivity contribution in [2.75, 3.05) is 20.8 Å². The second kappa shape index (κ2) is 5.58. The van der Waals surface area contributed by atoms with Gasteiger partial charge in [-0.2, -0.15) is 0 Å². The molecule has 1 atom stereocenters. The highest BCUT2D eigenvalue weighted by molar-refractivity contribution is 4.81. The molecule has 1 aliphatic carbocycles. The van der Waals surface area contributed by atoms with Crippen LogP contribution in [0.5, 0.6) is 0 Å². The zero-order valence-electron chi connectivity index (χ0n) is 8.88. The van der Waals surface area contributed by atoms with E-state index in [-0.39, 0.29) is 6.29 Å². The third-order valence-electron chi connectivity index (χ3n) is 2.54. The Morgan fingerprint density at radius 1 is 1.31 bits per heavy atom. The number of likely N-dealkylation sites (N-methyl/N-ethyl adjacent to an activating group) is 1. The van der Waals surface area contributed by atoms with E-state index >= 15 is 0 Å². The van der Waals surface area contributed by atoms with Gasteiger partial charge in [0, 0.05) is 14.2 Å². The van der Waals surface area contributed by atoms with Crippen LogP contribution >= 0.6 is 0 Å². The number of methoxy groups -OCH3 is 2. The molecule has 1 aliphatic rings. The maximum absolute atomic E-state index is 5.26. The summed E-state index contributed by atoms with van der Waals surface area (Å²) in [5.74, 6) is 0.900. The van der Waals surface area contributed by atoms with Crippen molar-refractivity contribution in [2.45, 2.75) is 38.5 Å². The van der Waals surface area contributed by atoms with Crippen LogP contribution in [0.2, 0.25) is 0 Å². The van der Waals surface area contributed by atoms with Gasteiger partial charge in [0.1, 0.15) is 0 Å². The van der Waals surface area contributed by atoms with Gasteiger partial charge in [0.05, 0.1) is 6.04 Å². The first-order chi connectivity index (χ1) is 6.31. The monoisotopic (exact) mass is 187 g/mol. The highest BCUT2D eigenvalue weighted by Crippen LogP contribution is 2.34. The van der Waals surface area contributed by atoms with E-state index in [1.54, 1.807) is 14.2 Å². The summed E-state index contributed by atoms with van der Waals surface area (Å²) in [6, 6.07) is 0.354. The summed E-state index contributed by atoms with van der Waals surface area (Å²) in [7, 11) is 3.40. The van der Waals surface area contributed by atoms with Crippen molar-refractivity contribution in [2.24, 2.45) is 5.92 Å². The van der Waals surface area contributed by atoms with E-state index in [0.29, 0.717) is 6.04 Å². The van der Waals surface area contributed by atoms with Crippen molar-refractivity contribution in [1.29, 1.82) is 0 Å². The van der Waals surface area contributed by atoms with Gasteiger partial charge in [-0.1, -0.05) is 19.8 Å². The Morgan fingerprint density at radius 2 is 1.92 bits per heavy atom. The molecule has 0 heterocycles. The fraction of sp³-hybridized carbons (Fsp3) is 1.00. The minimum Gasteiger partial charge on any atom is -0.354 e. The fourth-order valence-electron chi connectivity index (χ4n) is 1.69. The topological polar surface area (TPSA) is 30.5 Å². The summed E-state index contributed by atoms with van der Waals surface area (Å²) in [5, 5.41) is 3.41. The van der Waals surface area contributed by atoms with Crippen LogP contribution in [0, 0.1) is 5.92 Å². The molecule has 0 bridgehead atoms. The van der Waals surface area contributed by atoms with Crippen LogP contribution in [-0.2, 0) is 9.47 Å². The molecule has 0 aliphatic heterocycles. The number of hydrogen-bond acceptors (Lipinski definition) is 3. The Balaban J connectivity index is 2.32. The molecule has 1 saturated carbocycles. The second-order valence-electron chi connectivity index (χ2n) is 3.68. The summed E-state index contributed by atoms with van der Waals surface area (Å²) in [6.07, 6.45) is 3.84. The lowest BCUT2D eigenvalue weighted by molar-refractivity contribution is -0.124. The molecule has 0 aromatic heterocycles. The zero-order valence-corrected chi connectivity index (χ0v) is 8.88. The largest absolute Gasteiger partial charge is 0.354 e. The second-order valence-corrected chi connectivity index (χ2v) is 3.68. The normalized spacial score (nSPS) is 19.4. The number of ether oxygens (including phenoxy) is 2. The Hall–Kier alpha value is -0.120. The Labute approximate surface area is 80.8 Å². The van der Waals surface area contributed by atoms with E-state index in [0.717, 1.165) is 12.5 Å². The minimum absolute atomic E-state index is 0.0967. The molecule has 3 heteroatoms. The third kappa shape index (κ3) is 3.63. The van der Waals surface area contributed by atoms with E-state index in [4.69, 9.17) is 9.47 Å². The van der Waals surface area contributed by atoms with Crippen molar-refractivity contribution < 1.29 is 9.47 Å². The Morgan fingerprint density at radius 3 is 2.31 bits per heavy atom. The molecule has 78 valence electrons. The SMILES string of the molecule is CCNC(CC1CC1)C(OC)OC. The van der Waals surface area contributed by atoms with Gasteiger partial charge in [0.15, 0.2) is 6.29 Å². The molecule has 0 saturated heterocycles.